The number of aryl methyl sites for hydroxylation is 1. The first-order valence-electron chi connectivity index (χ1n) is 6.94. The molecule has 0 fully saturated rings. The fraction of sp³-hybridized carbons (Fsp3) is 0.286. The van der Waals surface area contributed by atoms with E-state index in [4.69, 9.17) is 4.74 Å². The zero-order chi connectivity index (χ0) is 16.7. The summed E-state index contributed by atoms with van der Waals surface area (Å²) in [5.41, 5.74) is 0.492. The van der Waals surface area contributed by atoms with E-state index in [2.05, 4.69) is 15.5 Å². The molecule has 9 nitrogen and oxygen atoms in total. The van der Waals surface area contributed by atoms with Crippen molar-refractivity contribution in [2.75, 3.05) is 0 Å². The molecule has 1 aromatic heterocycles. The number of aromatic nitrogens is 4. The van der Waals surface area contributed by atoms with Crippen molar-refractivity contribution in [3.63, 3.8) is 0 Å². The molecule has 0 radical (unpaired) electrons. The molecule has 2 aromatic rings. The van der Waals surface area contributed by atoms with E-state index in [1.165, 1.54) is 24.3 Å². The van der Waals surface area contributed by atoms with Gasteiger partial charge in [-0.2, -0.15) is 0 Å². The first kappa shape index (κ1) is 16.3. The highest BCUT2D eigenvalue weighted by Crippen LogP contribution is 2.14. The number of carbonyl (C=O) groups is 1. The summed E-state index contributed by atoms with van der Waals surface area (Å²) in [6, 6.07) is 5.94. The van der Waals surface area contributed by atoms with Gasteiger partial charge in [0.1, 0.15) is 0 Å². The second-order valence-electron chi connectivity index (χ2n) is 4.61. The second-order valence-corrected chi connectivity index (χ2v) is 4.61. The van der Waals surface area contributed by atoms with Crippen molar-refractivity contribution < 1.29 is 14.5 Å². The van der Waals surface area contributed by atoms with Crippen LogP contribution in [0.4, 0.5) is 5.69 Å². The molecule has 1 aromatic carbocycles. The predicted molar refractivity (Wildman–Crippen MR) is 80.0 cm³/mol. The zero-order valence-electron chi connectivity index (χ0n) is 12.5. The van der Waals surface area contributed by atoms with Crippen molar-refractivity contribution in [1.82, 2.24) is 20.2 Å². The van der Waals surface area contributed by atoms with E-state index >= 15 is 0 Å². The number of benzene rings is 1. The molecule has 0 saturated heterocycles. The van der Waals surface area contributed by atoms with Gasteiger partial charge in [0.2, 0.25) is 0 Å². The maximum absolute atomic E-state index is 11.7. The third-order valence-corrected chi connectivity index (χ3v) is 2.88. The molecule has 1 heterocycles. The Bertz CT molecular complexity index is 725. The molecule has 9 heteroatoms. The molecule has 120 valence electrons. The maximum atomic E-state index is 11.7. The lowest BCUT2D eigenvalue weighted by molar-refractivity contribution is -0.384. The number of nitro benzene ring substituents is 1. The third kappa shape index (κ3) is 4.70. The quantitative estimate of drug-likeness (QED) is 0.331. The molecule has 0 aliphatic rings. The largest absolute Gasteiger partial charge is 0.454 e. The van der Waals surface area contributed by atoms with Crippen molar-refractivity contribution in [3.05, 3.63) is 51.8 Å². The fourth-order valence-electron chi connectivity index (χ4n) is 1.80. The summed E-state index contributed by atoms with van der Waals surface area (Å²) in [6.45, 7) is 2.59. The first-order chi connectivity index (χ1) is 11.1. The van der Waals surface area contributed by atoms with Crippen LogP contribution in [0.25, 0.3) is 6.08 Å². The minimum Gasteiger partial charge on any atom is -0.454 e. The van der Waals surface area contributed by atoms with Gasteiger partial charge in [-0.15, -0.1) is 5.10 Å². The zero-order valence-corrected chi connectivity index (χ0v) is 12.5. The van der Waals surface area contributed by atoms with Crippen LogP contribution in [0.1, 0.15) is 24.7 Å². The molecule has 23 heavy (non-hydrogen) atoms. The van der Waals surface area contributed by atoms with Gasteiger partial charge in [0, 0.05) is 24.8 Å². The molecule has 2 rings (SSSR count). The number of tetrazole rings is 1. The van der Waals surface area contributed by atoms with E-state index in [-0.39, 0.29) is 12.3 Å². The van der Waals surface area contributed by atoms with Crippen molar-refractivity contribution in [3.8, 4) is 0 Å². The van der Waals surface area contributed by atoms with E-state index in [9.17, 15) is 14.9 Å². The van der Waals surface area contributed by atoms with Crippen molar-refractivity contribution in [2.45, 2.75) is 26.5 Å². The Morgan fingerprint density at radius 2 is 2.30 bits per heavy atom. The first-order valence-corrected chi connectivity index (χ1v) is 6.94. The molecular formula is C14H15N5O4. The molecule has 0 aliphatic heterocycles. The number of non-ortho nitro benzene ring substituents is 1. The van der Waals surface area contributed by atoms with E-state index < -0.39 is 10.9 Å². The van der Waals surface area contributed by atoms with Gasteiger partial charge < -0.3 is 4.74 Å². The molecular weight excluding hydrogens is 302 g/mol. The Labute approximate surface area is 131 Å². The summed E-state index contributed by atoms with van der Waals surface area (Å²) < 4.78 is 6.62. The highest BCUT2D eigenvalue weighted by atomic mass is 16.6. The van der Waals surface area contributed by atoms with Crippen LogP contribution in [-0.4, -0.2) is 31.1 Å². The standard InChI is InChI=1S/C14H15N5O4/c1-2-8-18-13(15-16-17-18)10-23-14(20)7-6-11-4-3-5-12(9-11)19(21)22/h3-7,9H,2,8,10H2,1H3/b7-6+. The summed E-state index contributed by atoms with van der Waals surface area (Å²) >= 11 is 0. The van der Waals surface area contributed by atoms with Gasteiger partial charge in [-0.1, -0.05) is 19.1 Å². The number of nitro groups is 1. The van der Waals surface area contributed by atoms with E-state index in [0.29, 0.717) is 17.9 Å². The molecule has 0 atom stereocenters. The summed E-state index contributed by atoms with van der Waals surface area (Å²) in [5.74, 6) is -0.119. The normalized spacial score (nSPS) is 10.8. The average Bonchev–Trinajstić information content (AvgIpc) is 2.99. The lowest BCUT2D eigenvalue weighted by Gasteiger charge is -2.02. The summed E-state index contributed by atoms with van der Waals surface area (Å²) in [4.78, 5) is 21.9. The van der Waals surface area contributed by atoms with Gasteiger partial charge in [0.05, 0.1) is 4.92 Å². The Balaban J connectivity index is 1.93. The molecule has 0 bridgehead atoms. The smallest absolute Gasteiger partial charge is 0.331 e. The van der Waals surface area contributed by atoms with Gasteiger partial charge in [-0.3, -0.25) is 10.1 Å². The van der Waals surface area contributed by atoms with Crippen LogP contribution in [0, 0.1) is 10.1 Å². The van der Waals surface area contributed by atoms with E-state index in [0.717, 1.165) is 6.42 Å². The number of rotatable bonds is 7. The van der Waals surface area contributed by atoms with Crippen LogP contribution < -0.4 is 0 Å². The van der Waals surface area contributed by atoms with Gasteiger partial charge in [0.15, 0.2) is 12.4 Å². The molecule has 0 saturated carbocycles. The molecule has 0 spiro atoms. The van der Waals surface area contributed by atoms with Gasteiger partial charge >= 0.3 is 5.97 Å². The topological polar surface area (TPSA) is 113 Å². The van der Waals surface area contributed by atoms with E-state index in [1.54, 1.807) is 16.8 Å². The van der Waals surface area contributed by atoms with Crippen molar-refractivity contribution in [2.24, 2.45) is 0 Å². The van der Waals surface area contributed by atoms with Crippen LogP contribution >= 0.6 is 0 Å². The fourth-order valence-corrected chi connectivity index (χ4v) is 1.80. The second kappa shape index (κ2) is 7.78. The van der Waals surface area contributed by atoms with Crippen molar-refractivity contribution >= 4 is 17.7 Å². The summed E-state index contributed by atoms with van der Waals surface area (Å²) in [6.07, 6.45) is 3.51. The number of carbonyl (C=O) groups excluding carboxylic acids is 1. The number of hydrogen-bond acceptors (Lipinski definition) is 7. The monoisotopic (exact) mass is 317 g/mol. The highest BCUT2D eigenvalue weighted by Gasteiger charge is 2.08. The van der Waals surface area contributed by atoms with Gasteiger partial charge in [-0.05, 0) is 28.5 Å². The number of esters is 1. The SMILES string of the molecule is CCCn1nnnc1COC(=O)/C=C/c1cccc([N+](=O)[O-])c1. The summed E-state index contributed by atoms with van der Waals surface area (Å²) in [7, 11) is 0. The Hall–Kier alpha value is -3.10. The number of nitrogens with zero attached hydrogens (tertiary/aromatic N) is 5. The number of ether oxygens (including phenoxy) is 1. The minimum absolute atomic E-state index is 0.0366. The third-order valence-electron chi connectivity index (χ3n) is 2.88. The minimum atomic E-state index is -0.581. The van der Waals surface area contributed by atoms with Crippen LogP contribution in [0.5, 0.6) is 0 Å². The average molecular weight is 317 g/mol. The van der Waals surface area contributed by atoms with Crippen molar-refractivity contribution in [1.29, 1.82) is 0 Å². The maximum Gasteiger partial charge on any atom is 0.331 e. The van der Waals surface area contributed by atoms with Gasteiger partial charge in [-0.25, -0.2) is 9.48 Å². The van der Waals surface area contributed by atoms with Crippen LogP contribution in [0.3, 0.4) is 0 Å². The Morgan fingerprint density at radius 1 is 1.48 bits per heavy atom. The van der Waals surface area contributed by atoms with Crippen LogP contribution in [-0.2, 0) is 22.7 Å². The highest BCUT2D eigenvalue weighted by molar-refractivity contribution is 5.87. The summed E-state index contributed by atoms with van der Waals surface area (Å²) in [5, 5.41) is 21.8. The predicted octanol–water partition coefficient (Wildman–Crippen LogP) is 1.75. The lowest BCUT2D eigenvalue weighted by atomic mass is 10.2. The van der Waals surface area contributed by atoms with Crippen LogP contribution in [0.2, 0.25) is 0 Å². The Kier molecular flexibility index (Phi) is 5.50. The van der Waals surface area contributed by atoms with E-state index in [1.807, 2.05) is 6.92 Å². The Morgan fingerprint density at radius 3 is 3.04 bits per heavy atom. The number of hydrogen-bond donors (Lipinski definition) is 0. The molecule has 0 aliphatic carbocycles. The molecule has 0 amide bonds. The molecule has 0 unspecified atom stereocenters. The molecule has 0 N–H and O–H groups in total. The van der Waals surface area contributed by atoms with Crippen LogP contribution in [0.15, 0.2) is 30.3 Å². The lowest BCUT2D eigenvalue weighted by Crippen LogP contribution is -2.09. The van der Waals surface area contributed by atoms with Gasteiger partial charge in [0.25, 0.3) is 5.69 Å².